The fourth-order valence-corrected chi connectivity index (χ4v) is 7.98. The number of hydrogen-bond donors (Lipinski definition) is 3. The first kappa shape index (κ1) is 57.3. The molecule has 6 nitrogen and oxygen atoms in total. The summed E-state index contributed by atoms with van der Waals surface area (Å²) in [6.07, 6.45) is 57.3. The molecule has 0 aliphatic carbocycles. The summed E-state index contributed by atoms with van der Waals surface area (Å²) in [4.78, 5) is 24.4. The fourth-order valence-electron chi connectivity index (χ4n) is 7.98. The lowest BCUT2D eigenvalue weighted by molar-refractivity contribution is -0.143. The molecular formula is C53H101NO5. The van der Waals surface area contributed by atoms with E-state index in [4.69, 9.17) is 4.74 Å². The van der Waals surface area contributed by atoms with Crippen LogP contribution in [0.4, 0.5) is 0 Å². The molecule has 0 aliphatic heterocycles. The lowest BCUT2D eigenvalue weighted by Crippen LogP contribution is -2.45. The van der Waals surface area contributed by atoms with E-state index in [2.05, 4.69) is 37.4 Å². The van der Waals surface area contributed by atoms with Crippen molar-refractivity contribution in [3.05, 3.63) is 24.3 Å². The van der Waals surface area contributed by atoms with E-state index in [1.807, 2.05) is 6.08 Å². The third kappa shape index (κ3) is 45.7. The molecule has 2 unspecified atom stereocenters. The average Bonchev–Trinajstić information content (AvgIpc) is 3.24. The van der Waals surface area contributed by atoms with Gasteiger partial charge in [0.25, 0.3) is 0 Å². The smallest absolute Gasteiger partial charge is 0.305 e. The van der Waals surface area contributed by atoms with Crippen molar-refractivity contribution in [1.82, 2.24) is 5.32 Å². The maximum atomic E-state index is 12.4. The van der Waals surface area contributed by atoms with Gasteiger partial charge in [-0.05, 0) is 44.9 Å². The second-order valence-corrected chi connectivity index (χ2v) is 17.9. The second kappa shape index (κ2) is 49.0. The SMILES string of the molecule is CCCCCCCCCCCCCCCCCCC(=O)OCCCCCCCC/C=C\C/C=C\CCC(=O)NC(CO)C(O)CCCCCCCCCCCCCCC. The van der Waals surface area contributed by atoms with Gasteiger partial charge >= 0.3 is 5.97 Å². The van der Waals surface area contributed by atoms with Crippen molar-refractivity contribution in [3.8, 4) is 0 Å². The molecule has 6 heteroatoms. The van der Waals surface area contributed by atoms with Gasteiger partial charge in [-0.1, -0.05) is 244 Å². The molecule has 0 radical (unpaired) electrons. The molecule has 0 aromatic heterocycles. The number of nitrogens with one attached hydrogen (secondary N) is 1. The zero-order valence-electron chi connectivity index (χ0n) is 39.5. The minimum atomic E-state index is -0.697. The number of carbonyl (C=O) groups is 2. The Morgan fingerprint density at radius 1 is 0.475 bits per heavy atom. The van der Waals surface area contributed by atoms with Crippen molar-refractivity contribution in [2.24, 2.45) is 0 Å². The van der Waals surface area contributed by atoms with Crippen LogP contribution in [0.5, 0.6) is 0 Å². The summed E-state index contributed by atoms with van der Waals surface area (Å²) in [7, 11) is 0. The summed E-state index contributed by atoms with van der Waals surface area (Å²) in [5, 5.41) is 23.1. The molecule has 0 saturated heterocycles. The molecule has 0 aliphatic rings. The number of esters is 1. The first-order valence-corrected chi connectivity index (χ1v) is 26.1. The van der Waals surface area contributed by atoms with E-state index < -0.39 is 12.1 Å². The van der Waals surface area contributed by atoms with Crippen molar-refractivity contribution >= 4 is 11.9 Å². The molecule has 0 rings (SSSR count). The quantitative estimate of drug-likeness (QED) is 0.0322. The minimum absolute atomic E-state index is 0.0137. The number of amides is 1. The number of allylic oxidation sites excluding steroid dienone is 4. The summed E-state index contributed by atoms with van der Waals surface area (Å²) >= 11 is 0. The summed E-state index contributed by atoms with van der Waals surface area (Å²) in [5.41, 5.74) is 0. The number of rotatable bonds is 48. The van der Waals surface area contributed by atoms with Gasteiger partial charge in [0, 0.05) is 12.8 Å². The van der Waals surface area contributed by atoms with Crippen LogP contribution in [-0.4, -0.2) is 47.4 Å². The van der Waals surface area contributed by atoms with Gasteiger partial charge in [0.05, 0.1) is 25.4 Å². The summed E-state index contributed by atoms with van der Waals surface area (Å²) in [6, 6.07) is -0.584. The molecule has 0 aromatic rings. The number of hydrogen-bond acceptors (Lipinski definition) is 5. The topological polar surface area (TPSA) is 95.9 Å². The molecule has 0 aromatic carbocycles. The van der Waals surface area contributed by atoms with Gasteiger partial charge in [-0.2, -0.15) is 0 Å². The monoisotopic (exact) mass is 832 g/mol. The Labute approximate surface area is 367 Å². The largest absolute Gasteiger partial charge is 0.466 e. The van der Waals surface area contributed by atoms with Crippen LogP contribution in [0.3, 0.4) is 0 Å². The average molecular weight is 832 g/mol. The Morgan fingerprint density at radius 3 is 1.32 bits per heavy atom. The molecule has 348 valence electrons. The number of carbonyl (C=O) groups excluding carboxylic acids is 2. The number of aliphatic hydroxyl groups is 2. The molecule has 0 fully saturated rings. The highest BCUT2D eigenvalue weighted by molar-refractivity contribution is 5.76. The molecule has 1 amide bonds. The van der Waals surface area contributed by atoms with Crippen LogP contribution in [-0.2, 0) is 14.3 Å². The van der Waals surface area contributed by atoms with Gasteiger partial charge in [-0.3, -0.25) is 9.59 Å². The van der Waals surface area contributed by atoms with E-state index in [0.29, 0.717) is 32.3 Å². The van der Waals surface area contributed by atoms with Gasteiger partial charge in [0.2, 0.25) is 5.91 Å². The summed E-state index contributed by atoms with van der Waals surface area (Å²) in [6.45, 7) is 4.89. The van der Waals surface area contributed by atoms with Crippen LogP contribution in [0.2, 0.25) is 0 Å². The molecular weight excluding hydrogens is 731 g/mol. The van der Waals surface area contributed by atoms with E-state index in [1.54, 1.807) is 0 Å². The van der Waals surface area contributed by atoms with Gasteiger partial charge in [0.1, 0.15) is 0 Å². The highest BCUT2D eigenvalue weighted by Gasteiger charge is 2.19. The lowest BCUT2D eigenvalue weighted by atomic mass is 10.0. The number of ether oxygens (including phenoxy) is 1. The molecule has 0 heterocycles. The first-order chi connectivity index (χ1) is 29.0. The van der Waals surface area contributed by atoms with Gasteiger partial charge < -0.3 is 20.3 Å². The number of aliphatic hydroxyl groups excluding tert-OH is 2. The Hall–Kier alpha value is -1.66. The normalized spacial score (nSPS) is 12.8. The summed E-state index contributed by atoms with van der Waals surface area (Å²) < 4.78 is 5.46. The van der Waals surface area contributed by atoms with Crippen molar-refractivity contribution in [3.63, 3.8) is 0 Å². The Balaban J connectivity index is 3.52. The van der Waals surface area contributed by atoms with Crippen LogP contribution in [0.15, 0.2) is 24.3 Å². The molecule has 2 atom stereocenters. The maximum Gasteiger partial charge on any atom is 0.305 e. The van der Waals surface area contributed by atoms with E-state index in [-0.39, 0.29) is 18.5 Å². The zero-order valence-corrected chi connectivity index (χ0v) is 39.5. The maximum absolute atomic E-state index is 12.4. The highest BCUT2D eigenvalue weighted by atomic mass is 16.5. The third-order valence-corrected chi connectivity index (χ3v) is 12.0. The highest BCUT2D eigenvalue weighted by Crippen LogP contribution is 2.16. The van der Waals surface area contributed by atoms with Crippen molar-refractivity contribution in [2.75, 3.05) is 13.2 Å². The van der Waals surface area contributed by atoms with Crippen LogP contribution in [0.25, 0.3) is 0 Å². The van der Waals surface area contributed by atoms with Gasteiger partial charge in [-0.25, -0.2) is 0 Å². The van der Waals surface area contributed by atoms with Crippen molar-refractivity contribution < 1.29 is 24.5 Å². The van der Waals surface area contributed by atoms with Crippen molar-refractivity contribution in [1.29, 1.82) is 0 Å². The second-order valence-electron chi connectivity index (χ2n) is 17.9. The Bertz CT molecular complexity index is 920. The van der Waals surface area contributed by atoms with E-state index in [1.165, 1.54) is 186 Å². The molecule has 0 spiro atoms. The minimum Gasteiger partial charge on any atom is -0.466 e. The van der Waals surface area contributed by atoms with Crippen LogP contribution < -0.4 is 5.32 Å². The third-order valence-electron chi connectivity index (χ3n) is 12.0. The van der Waals surface area contributed by atoms with Crippen LogP contribution in [0.1, 0.15) is 277 Å². The Kier molecular flexibility index (Phi) is 47.6. The number of unbranched alkanes of at least 4 members (excludes halogenated alkanes) is 33. The Morgan fingerprint density at radius 2 is 0.864 bits per heavy atom. The van der Waals surface area contributed by atoms with Gasteiger partial charge in [-0.15, -0.1) is 0 Å². The van der Waals surface area contributed by atoms with Crippen molar-refractivity contribution in [2.45, 2.75) is 289 Å². The zero-order chi connectivity index (χ0) is 43.0. The molecule has 0 saturated carbocycles. The standard InChI is InChI=1S/C53H101NO5/c1-3-5-7-9-11-13-15-17-18-19-23-27-31-35-39-43-47-53(58)59-48-44-40-36-32-28-24-20-22-26-30-34-38-42-46-52(57)54-50(49-55)51(56)45-41-37-33-29-25-21-16-14-12-10-8-6-4-2/h22,26,34,38,50-51,55-56H,3-21,23-25,27-33,35-37,39-49H2,1-2H3,(H,54,57)/b26-22-,38-34-. The molecule has 0 bridgehead atoms. The van der Waals surface area contributed by atoms with E-state index in [0.717, 1.165) is 51.4 Å². The van der Waals surface area contributed by atoms with Crippen LogP contribution in [0, 0.1) is 0 Å². The van der Waals surface area contributed by atoms with Gasteiger partial charge in [0.15, 0.2) is 0 Å². The lowest BCUT2D eigenvalue weighted by Gasteiger charge is -2.22. The summed E-state index contributed by atoms with van der Waals surface area (Å²) in [5.74, 6) is -0.129. The van der Waals surface area contributed by atoms with E-state index in [9.17, 15) is 19.8 Å². The molecule has 59 heavy (non-hydrogen) atoms. The first-order valence-electron chi connectivity index (χ1n) is 26.1. The van der Waals surface area contributed by atoms with E-state index >= 15 is 0 Å². The fraction of sp³-hybridized carbons (Fsp3) is 0.887. The molecule has 3 N–H and O–H groups in total. The van der Waals surface area contributed by atoms with Crippen LogP contribution >= 0.6 is 0 Å². The predicted octanol–water partition coefficient (Wildman–Crippen LogP) is 15.5. The predicted molar refractivity (Wildman–Crippen MR) is 255 cm³/mol.